The number of rotatable bonds is 3. The molecule has 9 heteroatoms. The summed E-state index contributed by atoms with van der Waals surface area (Å²) in [7, 11) is 1.12. The van der Waals surface area contributed by atoms with Crippen molar-refractivity contribution in [3.63, 3.8) is 0 Å². The van der Waals surface area contributed by atoms with Crippen molar-refractivity contribution in [2.24, 2.45) is 0 Å². The minimum Gasteiger partial charge on any atom is -0.478 e. The highest BCUT2D eigenvalue weighted by Gasteiger charge is 2.21. The third-order valence-corrected chi connectivity index (χ3v) is 3.83. The van der Waals surface area contributed by atoms with E-state index in [4.69, 9.17) is 14.3 Å². The second-order valence-electron chi connectivity index (χ2n) is 5.36. The van der Waals surface area contributed by atoms with E-state index in [1.54, 1.807) is 0 Å². The molecule has 1 N–H and O–H groups in total. The Morgan fingerprint density at radius 2 is 2.08 bits per heavy atom. The molecule has 1 aromatic carbocycles. The monoisotopic (exact) mass is 359 g/mol. The lowest BCUT2D eigenvalue weighted by Crippen LogP contribution is -2.35. The van der Waals surface area contributed by atoms with Crippen molar-refractivity contribution in [1.82, 2.24) is 4.57 Å². The minimum atomic E-state index is -1.10. The van der Waals surface area contributed by atoms with E-state index in [-0.39, 0.29) is 28.7 Å². The van der Waals surface area contributed by atoms with Crippen LogP contribution in [0.2, 0.25) is 0 Å². The number of hydrogen-bond donors (Lipinski definition) is 1. The lowest BCUT2D eigenvalue weighted by Gasteiger charge is -2.16. The Morgan fingerprint density at radius 1 is 1.31 bits per heavy atom. The number of para-hydroxylation sites is 1. The maximum atomic E-state index is 12.7. The molecule has 134 valence electrons. The van der Waals surface area contributed by atoms with Crippen molar-refractivity contribution in [1.29, 1.82) is 0 Å². The van der Waals surface area contributed by atoms with Gasteiger partial charge in [0, 0.05) is 0 Å². The maximum Gasteiger partial charge on any atom is 0.513 e. The largest absolute Gasteiger partial charge is 0.513 e. The molecule has 3 rings (SSSR count). The first kappa shape index (κ1) is 17.2. The highest BCUT2D eigenvalue weighted by molar-refractivity contribution is 5.90. The zero-order valence-corrected chi connectivity index (χ0v) is 13.5. The van der Waals surface area contributed by atoms with Crippen LogP contribution >= 0.6 is 0 Å². The summed E-state index contributed by atoms with van der Waals surface area (Å²) in [6, 6.07) is 3.56. The number of carboxylic acids is 1. The molecule has 0 fully saturated rings. The van der Waals surface area contributed by atoms with Gasteiger partial charge < -0.3 is 19.0 Å². The molecule has 0 amide bonds. The number of hydrogen-bond acceptors (Lipinski definition) is 7. The second-order valence-corrected chi connectivity index (χ2v) is 5.36. The highest BCUT2D eigenvalue weighted by Crippen LogP contribution is 2.24. The summed E-state index contributed by atoms with van der Waals surface area (Å²) in [6.07, 6.45) is 3.31. The average Bonchev–Trinajstić information content (AvgIpc) is 2.62. The summed E-state index contributed by atoms with van der Waals surface area (Å²) in [5.41, 5.74) is -0.743. The van der Waals surface area contributed by atoms with Crippen LogP contribution in [0, 0.1) is 0 Å². The molecule has 1 atom stereocenters. The van der Waals surface area contributed by atoms with Crippen LogP contribution in [0.25, 0.3) is 11.0 Å². The molecule has 0 spiro atoms. The number of nitrogens with zero attached hydrogens (tertiary/aromatic N) is 1. The van der Waals surface area contributed by atoms with Gasteiger partial charge in [0.2, 0.25) is 0 Å². The lowest BCUT2D eigenvalue weighted by atomic mass is 10.0. The van der Waals surface area contributed by atoms with Gasteiger partial charge in [0.05, 0.1) is 24.1 Å². The molecule has 0 aliphatic heterocycles. The van der Waals surface area contributed by atoms with Crippen LogP contribution in [-0.2, 0) is 9.53 Å². The summed E-state index contributed by atoms with van der Waals surface area (Å²) in [5, 5.41) is 8.98. The van der Waals surface area contributed by atoms with E-state index in [0.717, 1.165) is 11.7 Å². The summed E-state index contributed by atoms with van der Waals surface area (Å²) >= 11 is 0. The fourth-order valence-electron chi connectivity index (χ4n) is 2.60. The minimum absolute atomic E-state index is 0.0346. The van der Waals surface area contributed by atoms with E-state index < -0.39 is 29.5 Å². The number of carboxylic acid groups (broad SMARTS) is 1. The molecule has 1 heterocycles. The molecule has 2 aromatic rings. The quantitative estimate of drug-likeness (QED) is 0.647. The first-order valence-corrected chi connectivity index (χ1v) is 7.48. The van der Waals surface area contributed by atoms with Crippen molar-refractivity contribution >= 4 is 23.1 Å². The Balaban J connectivity index is 2.09. The van der Waals surface area contributed by atoms with Crippen LogP contribution in [-0.4, -0.2) is 28.9 Å². The van der Waals surface area contributed by atoms with Gasteiger partial charge in [-0.15, -0.1) is 0 Å². The van der Waals surface area contributed by atoms with Crippen LogP contribution in [0.15, 0.2) is 56.0 Å². The van der Waals surface area contributed by atoms with Gasteiger partial charge in [0.25, 0.3) is 5.56 Å². The van der Waals surface area contributed by atoms with Gasteiger partial charge in [-0.2, -0.15) is 0 Å². The van der Waals surface area contributed by atoms with Gasteiger partial charge in [-0.25, -0.2) is 19.0 Å². The number of carbonyl (C=O) groups is 2. The molecule has 0 saturated carbocycles. The summed E-state index contributed by atoms with van der Waals surface area (Å²) in [5.74, 6) is -2.17. The molecular weight excluding hydrogens is 346 g/mol. The van der Waals surface area contributed by atoms with Gasteiger partial charge in [-0.3, -0.25) is 4.79 Å². The Hall–Kier alpha value is -3.62. The molecule has 1 aliphatic carbocycles. The van der Waals surface area contributed by atoms with Crippen LogP contribution in [0.4, 0.5) is 4.79 Å². The van der Waals surface area contributed by atoms with Gasteiger partial charge in [-0.05, 0) is 24.6 Å². The van der Waals surface area contributed by atoms with Gasteiger partial charge in [-0.1, -0.05) is 18.2 Å². The van der Waals surface area contributed by atoms with Crippen molar-refractivity contribution in [3.8, 4) is 5.75 Å². The molecule has 1 aromatic heterocycles. The Kier molecular flexibility index (Phi) is 4.44. The number of ether oxygens (including phenoxy) is 2. The Morgan fingerprint density at radius 3 is 2.69 bits per heavy atom. The molecule has 0 saturated heterocycles. The number of methoxy groups -OCH3 is 1. The van der Waals surface area contributed by atoms with E-state index in [1.165, 1.54) is 36.4 Å². The van der Waals surface area contributed by atoms with E-state index in [9.17, 15) is 19.2 Å². The Labute approximate surface area is 145 Å². The summed E-state index contributed by atoms with van der Waals surface area (Å²) in [6.45, 7) is 0. The van der Waals surface area contributed by atoms with E-state index in [0.29, 0.717) is 0 Å². The van der Waals surface area contributed by atoms with Crippen molar-refractivity contribution in [2.75, 3.05) is 7.11 Å². The highest BCUT2D eigenvalue weighted by atomic mass is 16.7. The van der Waals surface area contributed by atoms with Crippen LogP contribution in [0.3, 0.4) is 0 Å². The molecule has 1 unspecified atom stereocenters. The number of aliphatic carboxylic acids is 1. The van der Waals surface area contributed by atoms with Crippen LogP contribution in [0.1, 0.15) is 12.5 Å². The number of benzene rings is 1. The number of aromatic nitrogens is 1. The number of carbonyl (C=O) groups excluding carboxylic acids is 1. The summed E-state index contributed by atoms with van der Waals surface area (Å²) in [4.78, 5) is 47.3. The summed E-state index contributed by atoms with van der Waals surface area (Å²) < 4.78 is 15.3. The molecule has 1 aliphatic rings. The van der Waals surface area contributed by atoms with E-state index in [1.807, 2.05) is 0 Å². The molecule has 0 bridgehead atoms. The third kappa shape index (κ3) is 3.02. The van der Waals surface area contributed by atoms with Crippen LogP contribution < -0.4 is 16.1 Å². The van der Waals surface area contributed by atoms with Crippen molar-refractivity contribution in [3.05, 3.63) is 62.9 Å². The smallest absolute Gasteiger partial charge is 0.478 e. The topological polar surface area (TPSA) is 125 Å². The molecular formula is C17H13NO8. The standard InChI is InChI=1S/C17H13NO8/c1-24-17(23)25-12-4-2-3-11-13(12)26-16(22)18(14(11)19)10-7-5-9(6-8-10)15(20)21/h2-7,10H,8H2,1H3,(H,20,21). The fourth-order valence-corrected chi connectivity index (χ4v) is 2.60. The fraction of sp³-hybridized carbons (Fsp3) is 0.176. The van der Waals surface area contributed by atoms with Crippen LogP contribution in [0.5, 0.6) is 5.75 Å². The SMILES string of the molecule is COC(=O)Oc1cccc2c(=O)n(C3C=CC(C(=O)O)=CC3)c(=O)oc12. The number of allylic oxidation sites excluding steroid dienone is 2. The van der Waals surface area contributed by atoms with E-state index in [2.05, 4.69) is 4.74 Å². The van der Waals surface area contributed by atoms with Crippen molar-refractivity contribution < 1.29 is 28.6 Å². The molecule has 26 heavy (non-hydrogen) atoms. The lowest BCUT2D eigenvalue weighted by molar-refractivity contribution is -0.132. The first-order valence-electron chi connectivity index (χ1n) is 7.48. The zero-order chi connectivity index (χ0) is 18.8. The predicted octanol–water partition coefficient (Wildman–Crippen LogP) is 1.61. The first-order chi connectivity index (χ1) is 12.4. The zero-order valence-electron chi connectivity index (χ0n) is 13.5. The Bertz CT molecular complexity index is 1070. The predicted molar refractivity (Wildman–Crippen MR) is 88.3 cm³/mol. The average molecular weight is 359 g/mol. The van der Waals surface area contributed by atoms with Gasteiger partial charge in [0.15, 0.2) is 11.3 Å². The van der Waals surface area contributed by atoms with Gasteiger partial charge in [0.1, 0.15) is 0 Å². The second kappa shape index (κ2) is 6.71. The molecule has 0 radical (unpaired) electrons. The molecule has 9 nitrogen and oxygen atoms in total. The normalized spacial score (nSPS) is 16.2. The maximum absolute atomic E-state index is 12.7. The third-order valence-electron chi connectivity index (χ3n) is 3.83. The van der Waals surface area contributed by atoms with E-state index >= 15 is 0 Å². The number of fused-ring (bicyclic) bond motifs is 1. The van der Waals surface area contributed by atoms with Gasteiger partial charge >= 0.3 is 17.9 Å². The van der Waals surface area contributed by atoms with Crippen molar-refractivity contribution in [2.45, 2.75) is 12.5 Å².